The zero-order valence-electron chi connectivity index (χ0n) is 20.5. The molecule has 2 rings (SSSR count). The predicted molar refractivity (Wildman–Crippen MR) is 127 cm³/mol. The van der Waals surface area contributed by atoms with E-state index in [-0.39, 0.29) is 19.6 Å². The summed E-state index contributed by atoms with van der Waals surface area (Å²) in [6, 6.07) is 12.9. The van der Waals surface area contributed by atoms with Gasteiger partial charge in [0.1, 0.15) is 24.7 Å². The van der Waals surface area contributed by atoms with E-state index in [1.807, 2.05) is 0 Å². The summed E-state index contributed by atoms with van der Waals surface area (Å²) in [5.41, 5.74) is 1.13. The van der Waals surface area contributed by atoms with Crippen molar-refractivity contribution in [2.24, 2.45) is 0 Å². The average Bonchev–Trinajstić information content (AvgIpc) is 2.87. The maximum atomic E-state index is 12.0. The summed E-state index contributed by atoms with van der Waals surface area (Å²) in [5, 5.41) is 2.52. The first-order chi connectivity index (χ1) is 17.2. The number of ether oxygens (including phenoxy) is 6. The fourth-order valence-corrected chi connectivity index (χ4v) is 2.80. The lowest BCUT2D eigenvalue weighted by Crippen LogP contribution is -2.24. The minimum absolute atomic E-state index is 0.0159. The molecule has 11 nitrogen and oxygen atoms in total. The van der Waals surface area contributed by atoms with E-state index < -0.39 is 36.2 Å². The van der Waals surface area contributed by atoms with E-state index in [1.54, 1.807) is 62.4 Å². The molecular formula is C25H29NO10. The maximum Gasteiger partial charge on any atom is 0.411 e. The van der Waals surface area contributed by atoms with Crippen LogP contribution in [0.3, 0.4) is 0 Å². The first-order valence-electron chi connectivity index (χ1n) is 11.0. The van der Waals surface area contributed by atoms with Crippen molar-refractivity contribution in [2.45, 2.75) is 32.5 Å². The first-order valence-corrected chi connectivity index (χ1v) is 11.0. The highest BCUT2D eigenvalue weighted by Gasteiger charge is 2.16. The Bertz CT molecular complexity index is 937. The molecule has 0 saturated carbocycles. The maximum absolute atomic E-state index is 12.0. The predicted octanol–water partition coefficient (Wildman–Crippen LogP) is 2.90. The van der Waals surface area contributed by atoms with Crippen LogP contribution in [0, 0.1) is 0 Å². The molecule has 11 heteroatoms. The average molecular weight is 504 g/mol. The summed E-state index contributed by atoms with van der Waals surface area (Å²) in [6.07, 6.45) is -2.23. The molecule has 194 valence electrons. The van der Waals surface area contributed by atoms with Crippen LogP contribution in [-0.4, -0.2) is 63.6 Å². The van der Waals surface area contributed by atoms with Crippen LogP contribution >= 0.6 is 0 Å². The normalized spacial score (nSPS) is 11.9. The van der Waals surface area contributed by atoms with Gasteiger partial charge in [0.15, 0.2) is 12.2 Å². The van der Waals surface area contributed by atoms with Crippen LogP contribution in [0.15, 0.2) is 48.5 Å². The molecule has 1 N–H and O–H groups in total. The fraction of sp³-hybridized carbons (Fsp3) is 0.360. The second kappa shape index (κ2) is 14.2. The molecule has 2 aromatic carbocycles. The molecule has 0 saturated heterocycles. The molecule has 0 aliphatic rings. The van der Waals surface area contributed by atoms with Crippen molar-refractivity contribution < 1.29 is 47.6 Å². The molecule has 0 aliphatic carbocycles. The monoisotopic (exact) mass is 503 g/mol. The van der Waals surface area contributed by atoms with Gasteiger partial charge in [-0.05, 0) is 55.8 Å². The Morgan fingerprint density at radius 1 is 0.722 bits per heavy atom. The Morgan fingerprint density at radius 3 is 1.69 bits per heavy atom. The van der Waals surface area contributed by atoms with Crippen LogP contribution in [0.25, 0.3) is 0 Å². The van der Waals surface area contributed by atoms with Gasteiger partial charge in [-0.3, -0.25) is 10.1 Å². The van der Waals surface area contributed by atoms with Crippen molar-refractivity contribution >= 4 is 29.7 Å². The van der Waals surface area contributed by atoms with E-state index >= 15 is 0 Å². The Labute approximate surface area is 208 Å². The number of carbonyl (C=O) groups is 4. The highest BCUT2D eigenvalue weighted by Crippen LogP contribution is 2.18. The quantitative estimate of drug-likeness (QED) is 0.262. The molecule has 36 heavy (non-hydrogen) atoms. The lowest BCUT2D eigenvalue weighted by Gasteiger charge is -2.13. The smallest absolute Gasteiger partial charge is 0.411 e. The van der Waals surface area contributed by atoms with Crippen molar-refractivity contribution in [3.63, 3.8) is 0 Å². The number of hydrogen-bond acceptors (Lipinski definition) is 10. The topological polar surface area (TPSA) is 136 Å². The summed E-state index contributed by atoms with van der Waals surface area (Å²) in [4.78, 5) is 46.7. The van der Waals surface area contributed by atoms with Crippen LogP contribution in [-0.2, 0) is 39.8 Å². The zero-order chi connectivity index (χ0) is 26.5. The molecular weight excluding hydrogens is 474 g/mol. The van der Waals surface area contributed by atoms with Gasteiger partial charge in [-0.15, -0.1) is 0 Å². The standard InChI is InChI=1S/C25H29NO10/c1-16(23(28)31-3)35-20-9-5-18(6-10-20)15-22(27)33-13-14-34-25(30)26-19-7-11-21(12-8-19)36-17(2)24(29)32-4/h5-12,16-17H,13-15H2,1-4H3,(H,26,30). The van der Waals surface area contributed by atoms with Crippen molar-refractivity contribution in [2.75, 3.05) is 32.8 Å². The lowest BCUT2D eigenvalue weighted by atomic mass is 10.1. The Kier molecular flexibility index (Phi) is 11.0. The number of carbonyl (C=O) groups excluding carboxylic acids is 4. The van der Waals surface area contributed by atoms with Crippen LogP contribution in [0.1, 0.15) is 19.4 Å². The van der Waals surface area contributed by atoms with Crippen LogP contribution in [0.2, 0.25) is 0 Å². The first kappa shape index (κ1) is 28.0. The number of methoxy groups -OCH3 is 2. The number of amides is 1. The fourth-order valence-electron chi connectivity index (χ4n) is 2.80. The number of rotatable bonds is 12. The van der Waals surface area contributed by atoms with Gasteiger partial charge >= 0.3 is 24.0 Å². The third kappa shape index (κ3) is 9.53. The third-order valence-corrected chi connectivity index (χ3v) is 4.64. The minimum atomic E-state index is -0.767. The van der Waals surface area contributed by atoms with E-state index in [0.717, 1.165) is 0 Å². The highest BCUT2D eigenvalue weighted by molar-refractivity contribution is 5.84. The van der Waals surface area contributed by atoms with E-state index in [0.29, 0.717) is 22.7 Å². The number of esters is 3. The van der Waals surface area contributed by atoms with Gasteiger partial charge in [0, 0.05) is 5.69 Å². The Hall–Kier alpha value is -4.28. The number of hydrogen-bond donors (Lipinski definition) is 1. The number of benzene rings is 2. The van der Waals surface area contributed by atoms with E-state index in [9.17, 15) is 19.2 Å². The number of anilines is 1. The molecule has 2 unspecified atom stereocenters. The molecule has 0 bridgehead atoms. The van der Waals surface area contributed by atoms with E-state index in [4.69, 9.17) is 18.9 Å². The molecule has 0 heterocycles. The SMILES string of the molecule is COC(=O)C(C)Oc1ccc(CC(=O)OCCOC(=O)Nc2ccc(OC(C)C(=O)OC)cc2)cc1. The molecule has 0 radical (unpaired) electrons. The summed E-state index contributed by atoms with van der Waals surface area (Å²) >= 11 is 0. The van der Waals surface area contributed by atoms with Crippen LogP contribution in [0.4, 0.5) is 10.5 Å². The number of nitrogens with one attached hydrogen (secondary N) is 1. The molecule has 1 amide bonds. The minimum Gasteiger partial charge on any atom is -0.479 e. The molecule has 2 atom stereocenters. The van der Waals surface area contributed by atoms with Gasteiger partial charge in [-0.25, -0.2) is 14.4 Å². The third-order valence-electron chi connectivity index (χ3n) is 4.64. The van der Waals surface area contributed by atoms with Gasteiger partial charge in [0.2, 0.25) is 0 Å². The van der Waals surface area contributed by atoms with Gasteiger partial charge in [0.05, 0.1) is 20.6 Å². The van der Waals surface area contributed by atoms with Gasteiger partial charge < -0.3 is 28.4 Å². The van der Waals surface area contributed by atoms with Crippen LogP contribution in [0.5, 0.6) is 11.5 Å². The molecule has 0 aromatic heterocycles. The molecule has 2 aromatic rings. The summed E-state index contributed by atoms with van der Waals surface area (Å²) < 4.78 is 30.1. The summed E-state index contributed by atoms with van der Waals surface area (Å²) in [5.74, 6) is -0.601. The van der Waals surface area contributed by atoms with Gasteiger partial charge in [-0.2, -0.15) is 0 Å². The van der Waals surface area contributed by atoms with E-state index in [1.165, 1.54) is 14.2 Å². The lowest BCUT2D eigenvalue weighted by molar-refractivity contribution is -0.148. The highest BCUT2D eigenvalue weighted by atomic mass is 16.6. The van der Waals surface area contributed by atoms with Crippen LogP contribution < -0.4 is 14.8 Å². The van der Waals surface area contributed by atoms with Crippen molar-refractivity contribution in [3.05, 3.63) is 54.1 Å². The zero-order valence-corrected chi connectivity index (χ0v) is 20.5. The second-order valence-electron chi connectivity index (χ2n) is 7.39. The van der Waals surface area contributed by atoms with Crippen molar-refractivity contribution in [1.29, 1.82) is 0 Å². The van der Waals surface area contributed by atoms with Gasteiger partial charge in [0.25, 0.3) is 0 Å². The second-order valence-corrected chi connectivity index (χ2v) is 7.39. The molecule has 0 spiro atoms. The van der Waals surface area contributed by atoms with Gasteiger partial charge in [-0.1, -0.05) is 12.1 Å². The largest absolute Gasteiger partial charge is 0.479 e. The van der Waals surface area contributed by atoms with E-state index in [2.05, 4.69) is 14.8 Å². The Morgan fingerprint density at radius 2 is 1.19 bits per heavy atom. The molecule has 0 aliphatic heterocycles. The summed E-state index contributed by atoms with van der Waals surface area (Å²) in [6.45, 7) is 2.89. The molecule has 0 fully saturated rings. The van der Waals surface area contributed by atoms with Crippen molar-refractivity contribution in [1.82, 2.24) is 0 Å². The Balaban J connectivity index is 1.66. The summed E-state index contributed by atoms with van der Waals surface area (Å²) in [7, 11) is 2.55. The van der Waals surface area contributed by atoms with Crippen molar-refractivity contribution in [3.8, 4) is 11.5 Å².